The van der Waals surface area contributed by atoms with Crippen LogP contribution in [0.4, 0.5) is 0 Å². The van der Waals surface area contributed by atoms with Crippen molar-refractivity contribution in [3.05, 3.63) is 24.3 Å². The largest absolute Gasteiger partial charge is 0.497 e. The third-order valence-corrected chi connectivity index (χ3v) is 4.38. The average molecular weight is 307 g/mol. The van der Waals surface area contributed by atoms with Crippen molar-refractivity contribution in [2.45, 2.75) is 25.0 Å². The number of piperidine rings is 1. The molecule has 0 atom stereocenters. The maximum absolute atomic E-state index is 5.76. The molecule has 0 amide bonds. The molecule has 122 valence electrons. The van der Waals surface area contributed by atoms with Crippen LogP contribution in [0.25, 0.3) is 0 Å². The van der Waals surface area contributed by atoms with Crippen LogP contribution in [-0.2, 0) is 9.47 Å². The van der Waals surface area contributed by atoms with Crippen LogP contribution in [0.5, 0.6) is 11.5 Å². The van der Waals surface area contributed by atoms with Crippen molar-refractivity contribution in [2.75, 3.05) is 46.6 Å². The highest BCUT2D eigenvalue weighted by molar-refractivity contribution is 5.31. The molecular formula is C17H25NO4. The lowest BCUT2D eigenvalue weighted by Gasteiger charge is -2.37. The van der Waals surface area contributed by atoms with Crippen LogP contribution >= 0.6 is 0 Å². The van der Waals surface area contributed by atoms with E-state index in [-0.39, 0.29) is 5.79 Å². The van der Waals surface area contributed by atoms with E-state index in [9.17, 15) is 0 Å². The van der Waals surface area contributed by atoms with Crippen molar-refractivity contribution in [3.63, 3.8) is 0 Å². The van der Waals surface area contributed by atoms with Gasteiger partial charge in [0, 0.05) is 32.5 Å². The lowest BCUT2D eigenvalue weighted by Crippen LogP contribution is -2.45. The van der Waals surface area contributed by atoms with E-state index in [1.165, 1.54) is 0 Å². The third kappa shape index (κ3) is 3.91. The standard InChI is InChI=1S/C17H25NO4/c1-19-15-3-5-16(6-4-15)20-12-2-9-18-10-7-17(8-11-18)21-13-14-22-17/h3-6H,2,7-14H2,1H3. The predicted octanol–water partition coefficient (Wildman–Crippen LogP) is 2.30. The first-order valence-electron chi connectivity index (χ1n) is 8.07. The number of rotatable bonds is 6. The van der Waals surface area contributed by atoms with E-state index in [1.54, 1.807) is 7.11 Å². The molecule has 0 aromatic heterocycles. The minimum atomic E-state index is -0.268. The second-order valence-corrected chi connectivity index (χ2v) is 5.83. The van der Waals surface area contributed by atoms with Gasteiger partial charge >= 0.3 is 0 Å². The van der Waals surface area contributed by atoms with E-state index >= 15 is 0 Å². The summed E-state index contributed by atoms with van der Waals surface area (Å²) in [4.78, 5) is 2.47. The van der Waals surface area contributed by atoms with Gasteiger partial charge in [0.15, 0.2) is 5.79 Å². The van der Waals surface area contributed by atoms with Crippen LogP contribution in [-0.4, -0.2) is 57.3 Å². The Balaban J connectivity index is 1.32. The zero-order chi connectivity index (χ0) is 15.3. The maximum atomic E-state index is 5.76. The molecule has 5 nitrogen and oxygen atoms in total. The van der Waals surface area contributed by atoms with Gasteiger partial charge in [-0.1, -0.05) is 0 Å². The summed E-state index contributed by atoms with van der Waals surface area (Å²) in [6, 6.07) is 7.72. The summed E-state index contributed by atoms with van der Waals surface area (Å²) in [6.45, 7) is 5.38. The van der Waals surface area contributed by atoms with E-state index < -0.39 is 0 Å². The van der Waals surface area contributed by atoms with Crippen LogP contribution < -0.4 is 9.47 Å². The highest BCUT2D eigenvalue weighted by Gasteiger charge is 2.39. The molecule has 2 saturated heterocycles. The summed E-state index contributed by atoms with van der Waals surface area (Å²) in [5.41, 5.74) is 0. The molecule has 0 radical (unpaired) electrons. The number of hydrogen-bond donors (Lipinski definition) is 0. The van der Waals surface area contributed by atoms with Gasteiger partial charge in [0.1, 0.15) is 11.5 Å². The summed E-state index contributed by atoms with van der Waals surface area (Å²) in [5.74, 6) is 1.48. The van der Waals surface area contributed by atoms with Gasteiger partial charge in [-0.15, -0.1) is 0 Å². The monoisotopic (exact) mass is 307 g/mol. The summed E-state index contributed by atoms with van der Waals surface area (Å²) in [5, 5.41) is 0. The van der Waals surface area contributed by atoms with Crippen LogP contribution in [0.1, 0.15) is 19.3 Å². The van der Waals surface area contributed by atoms with Crippen molar-refractivity contribution >= 4 is 0 Å². The predicted molar refractivity (Wildman–Crippen MR) is 83.4 cm³/mol. The first kappa shape index (κ1) is 15.6. The van der Waals surface area contributed by atoms with Gasteiger partial charge in [0.05, 0.1) is 26.9 Å². The Kier molecular flexibility index (Phi) is 5.18. The second-order valence-electron chi connectivity index (χ2n) is 5.83. The van der Waals surface area contributed by atoms with Crippen LogP contribution in [0.15, 0.2) is 24.3 Å². The number of likely N-dealkylation sites (tertiary alicyclic amines) is 1. The molecule has 2 fully saturated rings. The van der Waals surface area contributed by atoms with Crippen molar-refractivity contribution < 1.29 is 18.9 Å². The van der Waals surface area contributed by atoms with Crippen LogP contribution in [0.2, 0.25) is 0 Å². The van der Waals surface area contributed by atoms with Gasteiger partial charge in [-0.2, -0.15) is 0 Å². The van der Waals surface area contributed by atoms with Crippen molar-refractivity contribution in [1.82, 2.24) is 4.90 Å². The fourth-order valence-corrected chi connectivity index (χ4v) is 3.05. The molecule has 2 heterocycles. The molecule has 0 saturated carbocycles. The topological polar surface area (TPSA) is 40.2 Å². The first-order valence-corrected chi connectivity index (χ1v) is 8.07. The molecule has 5 heteroatoms. The molecular weight excluding hydrogens is 282 g/mol. The number of nitrogens with zero attached hydrogens (tertiary/aromatic N) is 1. The van der Waals surface area contributed by atoms with Gasteiger partial charge in [0.2, 0.25) is 0 Å². The Bertz CT molecular complexity index is 446. The molecule has 3 rings (SSSR count). The molecule has 22 heavy (non-hydrogen) atoms. The van der Waals surface area contributed by atoms with E-state index in [4.69, 9.17) is 18.9 Å². The van der Waals surface area contributed by atoms with Gasteiger partial charge in [-0.05, 0) is 30.7 Å². The maximum Gasteiger partial charge on any atom is 0.170 e. The van der Waals surface area contributed by atoms with Crippen molar-refractivity contribution in [3.8, 4) is 11.5 Å². The van der Waals surface area contributed by atoms with Crippen molar-refractivity contribution in [1.29, 1.82) is 0 Å². The number of hydrogen-bond acceptors (Lipinski definition) is 5. The smallest absolute Gasteiger partial charge is 0.170 e. The molecule has 2 aliphatic heterocycles. The normalized spacial score (nSPS) is 21.1. The quantitative estimate of drug-likeness (QED) is 0.754. The fraction of sp³-hybridized carbons (Fsp3) is 0.647. The van der Waals surface area contributed by atoms with Gasteiger partial charge in [-0.25, -0.2) is 0 Å². The van der Waals surface area contributed by atoms with Crippen molar-refractivity contribution in [2.24, 2.45) is 0 Å². The Morgan fingerprint density at radius 2 is 1.68 bits per heavy atom. The molecule has 0 bridgehead atoms. The lowest BCUT2D eigenvalue weighted by atomic mass is 10.0. The Labute approximate surface area is 132 Å². The van der Waals surface area contributed by atoms with Gasteiger partial charge in [-0.3, -0.25) is 0 Å². The zero-order valence-electron chi connectivity index (χ0n) is 13.3. The number of ether oxygens (including phenoxy) is 4. The summed E-state index contributed by atoms with van der Waals surface area (Å²) >= 11 is 0. The van der Waals surface area contributed by atoms with E-state index in [0.29, 0.717) is 0 Å². The third-order valence-electron chi connectivity index (χ3n) is 4.38. The van der Waals surface area contributed by atoms with E-state index in [2.05, 4.69) is 4.90 Å². The van der Waals surface area contributed by atoms with Gasteiger partial charge < -0.3 is 23.8 Å². The second kappa shape index (κ2) is 7.31. The Morgan fingerprint density at radius 1 is 1.05 bits per heavy atom. The minimum Gasteiger partial charge on any atom is -0.497 e. The summed E-state index contributed by atoms with van der Waals surface area (Å²) in [6.07, 6.45) is 2.99. The molecule has 1 aromatic rings. The van der Waals surface area contributed by atoms with Crippen LogP contribution in [0.3, 0.4) is 0 Å². The first-order chi connectivity index (χ1) is 10.8. The van der Waals surface area contributed by atoms with E-state index in [1.807, 2.05) is 24.3 Å². The molecule has 1 aromatic carbocycles. The summed E-state index contributed by atoms with van der Waals surface area (Å²) in [7, 11) is 1.67. The van der Waals surface area contributed by atoms with Crippen LogP contribution in [0, 0.1) is 0 Å². The molecule has 0 aliphatic carbocycles. The minimum absolute atomic E-state index is 0.268. The molecule has 0 unspecified atom stereocenters. The number of methoxy groups -OCH3 is 1. The van der Waals surface area contributed by atoms with E-state index in [0.717, 1.165) is 70.2 Å². The summed E-state index contributed by atoms with van der Waals surface area (Å²) < 4.78 is 22.4. The Morgan fingerprint density at radius 3 is 2.32 bits per heavy atom. The average Bonchev–Trinajstić information content (AvgIpc) is 3.02. The van der Waals surface area contributed by atoms with Gasteiger partial charge in [0.25, 0.3) is 0 Å². The molecule has 1 spiro atoms. The highest BCUT2D eigenvalue weighted by atomic mass is 16.7. The highest BCUT2D eigenvalue weighted by Crippen LogP contribution is 2.31. The number of benzene rings is 1. The molecule has 0 N–H and O–H groups in total. The zero-order valence-corrected chi connectivity index (χ0v) is 13.3. The SMILES string of the molecule is COc1ccc(OCCCN2CCC3(CC2)OCCO3)cc1. The lowest BCUT2D eigenvalue weighted by molar-refractivity contribution is -0.185. The Hall–Kier alpha value is -1.30. The molecule has 2 aliphatic rings. The fourth-order valence-electron chi connectivity index (χ4n) is 3.05.